The normalized spacial score (nSPS) is 23.8. The molecule has 120 valence electrons. The third kappa shape index (κ3) is 3.06. The van der Waals surface area contributed by atoms with Crippen LogP contribution in [0.3, 0.4) is 0 Å². The summed E-state index contributed by atoms with van der Waals surface area (Å²) < 4.78 is 0. The van der Waals surface area contributed by atoms with Gasteiger partial charge in [-0.2, -0.15) is 0 Å². The van der Waals surface area contributed by atoms with Crippen LogP contribution in [0.4, 0.5) is 5.69 Å². The smallest absolute Gasteiger partial charge is 0.0562 e. The Morgan fingerprint density at radius 2 is 1.96 bits per heavy atom. The van der Waals surface area contributed by atoms with E-state index >= 15 is 0 Å². The van der Waals surface area contributed by atoms with Gasteiger partial charge in [0.2, 0.25) is 0 Å². The monoisotopic (exact) mass is 347 g/mol. The molecule has 2 saturated heterocycles. The van der Waals surface area contributed by atoms with Crippen molar-refractivity contribution in [2.45, 2.75) is 18.9 Å². The molecule has 0 aliphatic carbocycles. The topological polar surface area (TPSA) is 19.4 Å². The number of piperidine rings is 1. The van der Waals surface area contributed by atoms with E-state index in [0.717, 1.165) is 24.2 Å². The number of hydrogen-bond acceptors (Lipinski definition) is 3. The van der Waals surface area contributed by atoms with Crippen molar-refractivity contribution in [3.05, 3.63) is 46.7 Å². The highest BCUT2D eigenvalue weighted by atomic mass is 35.5. The lowest BCUT2D eigenvalue weighted by Gasteiger charge is -2.46. The third-order valence-corrected chi connectivity index (χ3v) is 5.42. The van der Waals surface area contributed by atoms with E-state index in [4.69, 9.17) is 23.2 Å². The van der Waals surface area contributed by atoms with E-state index in [0.29, 0.717) is 16.1 Å². The fourth-order valence-electron chi connectivity index (χ4n) is 3.72. The number of anilines is 1. The zero-order valence-electron chi connectivity index (χ0n) is 12.9. The molecule has 0 spiro atoms. The van der Waals surface area contributed by atoms with Crippen molar-refractivity contribution in [3.8, 4) is 11.1 Å². The first-order valence-corrected chi connectivity index (χ1v) is 8.86. The van der Waals surface area contributed by atoms with E-state index in [2.05, 4.69) is 20.9 Å². The minimum Gasteiger partial charge on any atom is -0.365 e. The number of nitrogens with zero attached hydrogens (tertiary/aromatic N) is 3. The second kappa shape index (κ2) is 6.31. The van der Waals surface area contributed by atoms with Crippen LogP contribution < -0.4 is 4.90 Å². The second-order valence-corrected chi connectivity index (χ2v) is 7.19. The molecule has 2 fully saturated rings. The van der Waals surface area contributed by atoms with Crippen molar-refractivity contribution >= 4 is 28.9 Å². The van der Waals surface area contributed by atoms with Gasteiger partial charge in [-0.15, -0.1) is 0 Å². The predicted octanol–water partition coefficient (Wildman–Crippen LogP) is 4.34. The summed E-state index contributed by atoms with van der Waals surface area (Å²) in [5.74, 6) is 0. The Labute approximate surface area is 146 Å². The molecule has 2 aliphatic rings. The minimum atomic E-state index is 0.607. The van der Waals surface area contributed by atoms with Crippen LogP contribution in [-0.4, -0.2) is 42.1 Å². The average Bonchev–Trinajstić information content (AvgIpc) is 2.55. The number of halogens is 2. The number of rotatable bonds is 2. The molecule has 2 bridgehead atoms. The first kappa shape index (κ1) is 15.3. The van der Waals surface area contributed by atoms with Crippen LogP contribution in [0.15, 0.2) is 36.7 Å². The second-order valence-electron chi connectivity index (χ2n) is 6.35. The van der Waals surface area contributed by atoms with Gasteiger partial charge < -0.3 is 4.90 Å². The summed E-state index contributed by atoms with van der Waals surface area (Å²) in [6.45, 7) is 4.64. The molecule has 0 N–H and O–H groups in total. The quantitative estimate of drug-likeness (QED) is 0.805. The van der Waals surface area contributed by atoms with Gasteiger partial charge in [-0.1, -0.05) is 29.3 Å². The van der Waals surface area contributed by atoms with Gasteiger partial charge in [-0.3, -0.25) is 9.88 Å². The fraction of sp³-hybridized carbons (Fsp3) is 0.389. The first-order valence-electron chi connectivity index (χ1n) is 8.10. The molecule has 23 heavy (non-hydrogen) atoms. The molecule has 0 saturated carbocycles. The molecular formula is C18H19Cl2N3. The van der Waals surface area contributed by atoms with Crippen molar-refractivity contribution in [2.75, 3.05) is 31.1 Å². The predicted molar refractivity (Wildman–Crippen MR) is 96.5 cm³/mol. The van der Waals surface area contributed by atoms with E-state index in [1.54, 1.807) is 6.07 Å². The third-order valence-electron chi connectivity index (χ3n) is 4.88. The van der Waals surface area contributed by atoms with Gasteiger partial charge in [-0.05, 0) is 37.6 Å². The van der Waals surface area contributed by atoms with Gasteiger partial charge in [0.25, 0.3) is 0 Å². The number of piperazine rings is 1. The first-order chi connectivity index (χ1) is 11.2. The molecule has 0 amide bonds. The summed E-state index contributed by atoms with van der Waals surface area (Å²) in [5, 5.41) is 1.32. The van der Waals surface area contributed by atoms with Crippen LogP contribution in [0, 0.1) is 0 Å². The number of fused-ring (bicyclic) bond motifs is 2. The maximum Gasteiger partial charge on any atom is 0.0562 e. The molecule has 5 heteroatoms. The maximum atomic E-state index is 6.35. The average molecular weight is 348 g/mol. The molecule has 3 heterocycles. The van der Waals surface area contributed by atoms with Gasteiger partial charge >= 0.3 is 0 Å². The van der Waals surface area contributed by atoms with Crippen molar-refractivity contribution in [1.29, 1.82) is 0 Å². The van der Waals surface area contributed by atoms with Crippen LogP contribution >= 0.6 is 23.2 Å². The Morgan fingerprint density at radius 1 is 1.04 bits per heavy atom. The SMILES string of the molecule is Clc1ccc(-c2cncc(N3CCN4CCCC3C4)c2)c(Cl)c1. The minimum absolute atomic E-state index is 0.607. The summed E-state index contributed by atoms with van der Waals surface area (Å²) in [6, 6.07) is 8.42. The van der Waals surface area contributed by atoms with Crippen LogP contribution in [0.5, 0.6) is 0 Å². The van der Waals surface area contributed by atoms with Gasteiger partial charge in [0.1, 0.15) is 0 Å². The number of benzene rings is 1. The lowest BCUT2D eigenvalue weighted by molar-refractivity contribution is 0.174. The lowest BCUT2D eigenvalue weighted by Crippen LogP contribution is -2.56. The molecule has 1 aromatic heterocycles. The highest BCUT2D eigenvalue weighted by molar-refractivity contribution is 6.36. The Morgan fingerprint density at radius 3 is 2.83 bits per heavy atom. The summed E-state index contributed by atoms with van der Waals surface area (Å²) >= 11 is 12.4. The van der Waals surface area contributed by atoms with Gasteiger partial charge in [0.15, 0.2) is 0 Å². The van der Waals surface area contributed by atoms with Crippen LogP contribution in [0.1, 0.15) is 12.8 Å². The van der Waals surface area contributed by atoms with Crippen LogP contribution in [-0.2, 0) is 0 Å². The molecule has 3 nitrogen and oxygen atoms in total. The number of hydrogen-bond donors (Lipinski definition) is 0. The van der Waals surface area contributed by atoms with Crippen LogP contribution in [0.25, 0.3) is 11.1 Å². The Kier molecular flexibility index (Phi) is 4.18. The van der Waals surface area contributed by atoms with Gasteiger partial charge in [0.05, 0.1) is 11.9 Å². The summed E-state index contributed by atoms with van der Waals surface area (Å²) in [7, 11) is 0. The van der Waals surface area contributed by atoms with Crippen LogP contribution in [0.2, 0.25) is 10.0 Å². The summed E-state index contributed by atoms with van der Waals surface area (Å²) in [5.41, 5.74) is 3.22. The number of pyridine rings is 1. The molecule has 2 aromatic rings. The largest absolute Gasteiger partial charge is 0.365 e. The zero-order chi connectivity index (χ0) is 15.8. The molecule has 1 aromatic carbocycles. The molecule has 0 radical (unpaired) electrons. The standard InChI is InChI=1S/C18H19Cl2N3/c19-14-3-4-17(18(20)9-14)13-8-16(11-21-10-13)23-7-6-22-5-1-2-15(23)12-22/h3-4,8-11,15H,1-2,5-7,12H2. The summed E-state index contributed by atoms with van der Waals surface area (Å²) in [6.07, 6.45) is 6.40. The van der Waals surface area contributed by atoms with Crippen molar-refractivity contribution < 1.29 is 0 Å². The maximum absolute atomic E-state index is 6.35. The van der Waals surface area contributed by atoms with Crippen molar-refractivity contribution in [3.63, 3.8) is 0 Å². The van der Waals surface area contributed by atoms with Crippen molar-refractivity contribution in [2.24, 2.45) is 0 Å². The van der Waals surface area contributed by atoms with Crippen molar-refractivity contribution in [1.82, 2.24) is 9.88 Å². The lowest BCUT2D eigenvalue weighted by atomic mass is 10.00. The Balaban J connectivity index is 1.66. The Hall–Kier alpha value is -1.29. The van der Waals surface area contributed by atoms with E-state index in [1.807, 2.05) is 24.5 Å². The molecule has 2 aliphatic heterocycles. The van der Waals surface area contributed by atoms with Gasteiger partial charge in [-0.25, -0.2) is 0 Å². The number of aromatic nitrogens is 1. The molecule has 2 atom stereocenters. The van der Waals surface area contributed by atoms with E-state index in [-0.39, 0.29) is 0 Å². The van der Waals surface area contributed by atoms with Gasteiger partial charge in [0, 0.05) is 53.0 Å². The highest BCUT2D eigenvalue weighted by Gasteiger charge is 2.30. The molecule has 2 unspecified atom stereocenters. The highest BCUT2D eigenvalue weighted by Crippen LogP contribution is 2.33. The fourth-order valence-corrected chi connectivity index (χ4v) is 4.23. The molecule has 4 rings (SSSR count). The molecular weight excluding hydrogens is 329 g/mol. The summed E-state index contributed by atoms with van der Waals surface area (Å²) in [4.78, 5) is 9.54. The van der Waals surface area contributed by atoms with E-state index in [1.165, 1.54) is 31.6 Å². The Bertz CT molecular complexity index is 719. The zero-order valence-corrected chi connectivity index (χ0v) is 14.4. The van der Waals surface area contributed by atoms with E-state index < -0.39 is 0 Å². The van der Waals surface area contributed by atoms with E-state index in [9.17, 15) is 0 Å².